The normalized spacial score (nSPS) is 13.1. The second kappa shape index (κ2) is 3.49. The molecule has 3 rings (SSSR count). The molecular formula is C12H8AsS. The van der Waals surface area contributed by atoms with Crippen molar-refractivity contribution in [3.63, 3.8) is 0 Å². The Morgan fingerprint density at radius 1 is 1.00 bits per heavy atom. The summed E-state index contributed by atoms with van der Waals surface area (Å²) >= 11 is 1.74. The Morgan fingerprint density at radius 3 is 2.86 bits per heavy atom. The van der Waals surface area contributed by atoms with Crippen molar-refractivity contribution >= 4 is 36.2 Å². The van der Waals surface area contributed by atoms with E-state index in [1.807, 2.05) is 17.8 Å². The summed E-state index contributed by atoms with van der Waals surface area (Å²) < 4.78 is 3.00. The summed E-state index contributed by atoms with van der Waals surface area (Å²) in [6.07, 6.45) is 0. The van der Waals surface area contributed by atoms with E-state index in [2.05, 4.69) is 42.5 Å². The molecule has 1 heterocycles. The second-order valence-corrected chi connectivity index (χ2v) is 6.92. The summed E-state index contributed by atoms with van der Waals surface area (Å²) in [5.41, 5.74) is 0. The predicted octanol–water partition coefficient (Wildman–Crippen LogP) is 1.34. The number of fused-ring (bicyclic) bond motifs is 2. The van der Waals surface area contributed by atoms with E-state index < -0.39 is 0 Å². The van der Waals surface area contributed by atoms with Gasteiger partial charge in [0.1, 0.15) is 0 Å². The zero-order valence-corrected chi connectivity index (χ0v) is 10.4. The summed E-state index contributed by atoms with van der Waals surface area (Å²) in [5.74, 6) is 0. The fraction of sp³-hybridized carbons (Fsp3) is 0. The topological polar surface area (TPSA) is 0 Å². The van der Waals surface area contributed by atoms with Gasteiger partial charge in [-0.3, -0.25) is 0 Å². The molecule has 0 amide bonds. The van der Waals surface area contributed by atoms with E-state index in [9.17, 15) is 0 Å². The van der Waals surface area contributed by atoms with Gasteiger partial charge in [-0.15, -0.1) is 0 Å². The van der Waals surface area contributed by atoms with E-state index in [1.54, 1.807) is 4.35 Å². The van der Waals surface area contributed by atoms with E-state index >= 15 is 0 Å². The fourth-order valence-electron chi connectivity index (χ4n) is 1.52. The van der Waals surface area contributed by atoms with Crippen molar-refractivity contribution < 1.29 is 0 Å². The van der Waals surface area contributed by atoms with Gasteiger partial charge in [-0.2, -0.15) is 0 Å². The van der Waals surface area contributed by atoms with Gasteiger partial charge in [-0.25, -0.2) is 0 Å². The van der Waals surface area contributed by atoms with Gasteiger partial charge >= 0.3 is 94.5 Å². The Labute approximate surface area is 94.4 Å². The standard InChI is InChI=1S/C12H8AsS/c1-3-7-11-9(5-1)13-10-6-2-4-8-12(10)14-11/h1-5,7-8,13H. The maximum absolute atomic E-state index is 3.36. The van der Waals surface area contributed by atoms with Crippen LogP contribution in [0.1, 0.15) is 0 Å². The molecular weight excluding hydrogens is 251 g/mol. The molecule has 0 fully saturated rings. The molecule has 1 aliphatic rings. The van der Waals surface area contributed by atoms with Crippen molar-refractivity contribution in [2.75, 3.05) is 0 Å². The average Bonchev–Trinajstić information content (AvgIpc) is 2.26. The monoisotopic (exact) mass is 259 g/mol. The van der Waals surface area contributed by atoms with Crippen LogP contribution in [0.3, 0.4) is 0 Å². The van der Waals surface area contributed by atoms with Crippen molar-refractivity contribution in [3.8, 4) is 0 Å². The molecule has 0 N–H and O–H groups in total. The molecule has 0 bridgehead atoms. The average molecular weight is 259 g/mol. The predicted molar refractivity (Wildman–Crippen MR) is 62.3 cm³/mol. The summed E-state index contributed by atoms with van der Waals surface area (Å²) in [4.78, 5) is 2.85. The molecule has 1 atom stereocenters. The number of rotatable bonds is 0. The van der Waals surface area contributed by atoms with Crippen molar-refractivity contribution in [2.45, 2.75) is 9.79 Å². The Kier molecular flexibility index (Phi) is 2.15. The van der Waals surface area contributed by atoms with Crippen LogP contribution in [0.15, 0.2) is 52.3 Å². The Morgan fingerprint density at radius 2 is 1.86 bits per heavy atom. The molecule has 1 unspecified atom stereocenters. The molecule has 0 aromatic heterocycles. The first-order valence-electron chi connectivity index (χ1n) is 4.48. The third kappa shape index (κ3) is 1.41. The number of benzene rings is 2. The molecule has 1 radical (unpaired) electrons. The van der Waals surface area contributed by atoms with Crippen LogP contribution in [-0.4, -0.2) is 15.8 Å². The first kappa shape index (κ1) is 8.64. The minimum absolute atomic E-state index is 0.141. The van der Waals surface area contributed by atoms with Crippen molar-refractivity contribution in [1.82, 2.24) is 0 Å². The summed E-state index contributed by atoms with van der Waals surface area (Å²) in [6, 6.07) is 18.4. The van der Waals surface area contributed by atoms with Crippen LogP contribution in [0.25, 0.3) is 0 Å². The molecule has 0 nitrogen and oxygen atoms in total. The minimum atomic E-state index is -0.141. The Hall–Kier alpha value is -0.652. The Bertz CT molecular complexity index is 392. The van der Waals surface area contributed by atoms with Crippen LogP contribution in [0.2, 0.25) is 0 Å². The number of hydrogen-bond acceptors (Lipinski definition) is 1. The maximum atomic E-state index is 3.36. The molecule has 14 heavy (non-hydrogen) atoms. The summed E-state index contributed by atoms with van der Waals surface area (Å²) in [6.45, 7) is 0. The van der Waals surface area contributed by atoms with Crippen LogP contribution in [0.5, 0.6) is 0 Å². The van der Waals surface area contributed by atoms with Gasteiger partial charge in [0.25, 0.3) is 0 Å². The molecule has 2 heteroatoms. The molecule has 0 saturated heterocycles. The number of hydrogen-bond donors (Lipinski definition) is 0. The molecule has 67 valence electrons. The third-order valence-electron chi connectivity index (χ3n) is 2.18. The van der Waals surface area contributed by atoms with E-state index in [4.69, 9.17) is 0 Å². The first-order valence-corrected chi connectivity index (χ1v) is 7.39. The molecule has 1 aliphatic heterocycles. The fourth-order valence-corrected chi connectivity index (χ4v) is 5.69. The van der Waals surface area contributed by atoms with Crippen LogP contribution in [0, 0.1) is 6.07 Å². The van der Waals surface area contributed by atoms with E-state index in [-0.39, 0.29) is 15.8 Å². The van der Waals surface area contributed by atoms with E-state index in [0.717, 1.165) is 0 Å². The molecule has 0 saturated carbocycles. The van der Waals surface area contributed by atoms with Gasteiger partial charge in [0.05, 0.1) is 0 Å². The summed E-state index contributed by atoms with van der Waals surface area (Å²) in [7, 11) is 0. The van der Waals surface area contributed by atoms with Gasteiger partial charge in [-0.05, 0) is 0 Å². The van der Waals surface area contributed by atoms with E-state index in [0.29, 0.717) is 0 Å². The van der Waals surface area contributed by atoms with Gasteiger partial charge in [0.15, 0.2) is 0 Å². The van der Waals surface area contributed by atoms with Crippen LogP contribution in [0.4, 0.5) is 0 Å². The van der Waals surface area contributed by atoms with Crippen LogP contribution >= 0.6 is 11.8 Å². The van der Waals surface area contributed by atoms with Crippen molar-refractivity contribution in [2.24, 2.45) is 0 Å². The van der Waals surface area contributed by atoms with Gasteiger partial charge in [0.2, 0.25) is 0 Å². The van der Waals surface area contributed by atoms with Crippen molar-refractivity contribution in [1.29, 1.82) is 0 Å². The molecule has 0 aliphatic carbocycles. The zero-order valence-electron chi connectivity index (χ0n) is 7.45. The zero-order chi connectivity index (χ0) is 9.38. The SMILES string of the molecule is [c]1cccc2c1[AsH]c1ccccc1S2. The molecule has 2 aromatic carbocycles. The first-order chi connectivity index (χ1) is 6.93. The van der Waals surface area contributed by atoms with E-state index in [1.165, 1.54) is 14.1 Å². The Balaban J connectivity index is 2.12. The quantitative estimate of drug-likeness (QED) is 0.549. The van der Waals surface area contributed by atoms with Gasteiger partial charge in [0, 0.05) is 0 Å². The second-order valence-electron chi connectivity index (χ2n) is 3.13. The van der Waals surface area contributed by atoms with Gasteiger partial charge in [-0.1, -0.05) is 0 Å². The molecule has 2 aromatic rings. The van der Waals surface area contributed by atoms with Gasteiger partial charge < -0.3 is 0 Å². The van der Waals surface area contributed by atoms with Crippen molar-refractivity contribution in [3.05, 3.63) is 48.5 Å². The molecule has 0 spiro atoms. The van der Waals surface area contributed by atoms with Crippen LogP contribution < -0.4 is 8.70 Å². The third-order valence-corrected chi connectivity index (χ3v) is 6.95. The van der Waals surface area contributed by atoms with Crippen LogP contribution in [-0.2, 0) is 0 Å². The summed E-state index contributed by atoms with van der Waals surface area (Å²) in [5, 5.41) is 0.